The SMILES string of the molecule is CCCC(O)(CC)C(C)C(=O)O. The maximum absolute atomic E-state index is 10.6. The summed E-state index contributed by atoms with van der Waals surface area (Å²) in [5, 5.41) is 18.6. The lowest BCUT2D eigenvalue weighted by Gasteiger charge is -2.30. The summed E-state index contributed by atoms with van der Waals surface area (Å²) < 4.78 is 0. The summed E-state index contributed by atoms with van der Waals surface area (Å²) in [5.74, 6) is -1.60. The van der Waals surface area contributed by atoms with Crippen LogP contribution in [0.3, 0.4) is 0 Å². The fourth-order valence-electron chi connectivity index (χ4n) is 1.36. The van der Waals surface area contributed by atoms with Crippen LogP contribution in [0.15, 0.2) is 0 Å². The van der Waals surface area contributed by atoms with Gasteiger partial charge in [-0.3, -0.25) is 4.79 Å². The monoisotopic (exact) mass is 174 g/mol. The van der Waals surface area contributed by atoms with Gasteiger partial charge in [-0.25, -0.2) is 0 Å². The zero-order valence-electron chi connectivity index (χ0n) is 8.00. The van der Waals surface area contributed by atoms with Crippen LogP contribution < -0.4 is 0 Å². The third-order valence-corrected chi connectivity index (χ3v) is 2.47. The van der Waals surface area contributed by atoms with Crippen molar-refractivity contribution in [1.29, 1.82) is 0 Å². The van der Waals surface area contributed by atoms with E-state index in [1.165, 1.54) is 0 Å². The van der Waals surface area contributed by atoms with Gasteiger partial charge in [0.15, 0.2) is 0 Å². The Bertz CT molecular complexity index is 156. The molecule has 0 saturated heterocycles. The Morgan fingerprint density at radius 3 is 2.25 bits per heavy atom. The van der Waals surface area contributed by atoms with Crippen molar-refractivity contribution in [2.75, 3.05) is 0 Å². The van der Waals surface area contributed by atoms with Crippen LogP contribution in [0.4, 0.5) is 0 Å². The van der Waals surface area contributed by atoms with Crippen LogP contribution in [0.5, 0.6) is 0 Å². The van der Waals surface area contributed by atoms with E-state index >= 15 is 0 Å². The summed E-state index contributed by atoms with van der Waals surface area (Å²) >= 11 is 0. The van der Waals surface area contributed by atoms with Crippen molar-refractivity contribution < 1.29 is 15.0 Å². The molecule has 0 aliphatic carbocycles. The summed E-state index contributed by atoms with van der Waals surface area (Å²) in [6, 6.07) is 0. The zero-order chi connectivity index (χ0) is 9.78. The van der Waals surface area contributed by atoms with Crippen molar-refractivity contribution in [2.45, 2.75) is 45.6 Å². The first-order valence-electron chi connectivity index (χ1n) is 4.43. The van der Waals surface area contributed by atoms with Gasteiger partial charge in [0.1, 0.15) is 0 Å². The Morgan fingerprint density at radius 1 is 1.50 bits per heavy atom. The fourth-order valence-corrected chi connectivity index (χ4v) is 1.36. The van der Waals surface area contributed by atoms with E-state index in [0.717, 1.165) is 6.42 Å². The van der Waals surface area contributed by atoms with E-state index in [1.54, 1.807) is 6.92 Å². The fraction of sp³-hybridized carbons (Fsp3) is 0.889. The number of aliphatic carboxylic acids is 1. The van der Waals surface area contributed by atoms with E-state index in [2.05, 4.69) is 0 Å². The molecule has 0 aromatic rings. The highest BCUT2D eigenvalue weighted by Gasteiger charge is 2.35. The molecule has 0 bridgehead atoms. The van der Waals surface area contributed by atoms with Crippen LogP contribution in [-0.2, 0) is 4.79 Å². The standard InChI is InChI=1S/C9H18O3/c1-4-6-9(12,5-2)7(3)8(10)11/h7,12H,4-6H2,1-3H3,(H,10,11). The molecule has 3 nitrogen and oxygen atoms in total. The topological polar surface area (TPSA) is 57.5 Å². The van der Waals surface area contributed by atoms with Crippen LogP contribution in [0, 0.1) is 5.92 Å². The van der Waals surface area contributed by atoms with Gasteiger partial charge in [-0.15, -0.1) is 0 Å². The third-order valence-electron chi connectivity index (χ3n) is 2.47. The van der Waals surface area contributed by atoms with Crippen molar-refractivity contribution in [3.8, 4) is 0 Å². The second-order valence-electron chi connectivity index (χ2n) is 3.27. The molecule has 72 valence electrons. The quantitative estimate of drug-likeness (QED) is 0.666. The minimum absolute atomic E-state index is 0.494. The summed E-state index contributed by atoms with van der Waals surface area (Å²) in [4.78, 5) is 10.6. The Labute approximate surface area is 73.4 Å². The summed E-state index contributed by atoms with van der Waals surface area (Å²) in [6.45, 7) is 5.31. The molecule has 0 aromatic heterocycles. The highest BCUT2D eigenvalue weighted by Crippen LogP contribution is 2.26. The molecule has 0 radical (unpaired) electrons. The molecule has 0 aliphatic heterocycles. The van der Waals surface area contributed by atoms with Gasteiger partial charge in [-0.1, -0.05) is 20.3 Å². The lowest BCUT2D eigenvalue weighted by molar-refractivity contribution is -0.151. The maximum atomic E-state index is 10.6. The van der Waals surface area contributed by atoms with Crippen LogP contribution >= 0.6 is 0 Å². The van der Waals surface area contributed by atoms with Gasteiger partial charge in [0.25, 0.3) is 0 Å². The molecule has 0 heterocycles. The smallest absolute Gasteiger partial charge is 0.309 e. The molecule has 0 saturated carbocycles. The number of carbonyl (C=O) groups is 1. The number of aliphatic hydroxyl groups is 1. The van der Waals surface area contributed by atoms with Gasteiger partial charge in [-0.05, 0) is 19.8 Å². The number of hydrogen-bond donors (Lipinski definition) is 2. The molecule has 3 heteroatoms. The van der Waals surface area contributed by atoms with Crippen LogP contribution in [0.2, 0.25) is 0 Å². The van der Waals surface area contributed by atoms with Crippen molar-refractivity contribution in [3.05, 3.63) is 0 Å². The van der Waals surface area contributed by atoms with E-state index in [9.17, 15) is 9.90 Å². The third kappa shape index (κ3) is 2.48. The molecule has 2 unspecified atom stereocenters. The Kier molecular flexibility index (Phi) is 4.24. The van der Waals surface area contributed by atoms with E-state index in [0.29, 0.717) is 12.8 Å². The van der Waals surface area contributed by atoms with Gasteiger partial charge in [0.2, 0.25) is 0 Å². The van der Waals surface area contributed by atoms with Gasteiger partial charge in [0.05, 0.1) is 11.5 Å². The molecule has 12 heavy (non-hydrogen) atoms. The van der Waals surface area contributed by atoms with E-state index in [4.69, 9.17) is 5.11 Å². The number of hydrogen-bond acceptors (Lipinski definition) is 2. The number of carboxylic acid groups (broad SMARTS) is 1. The van der Waals surface area contributed by atoms with Crippen LogP contribution in [0.25, 0.3) is 0 Å². The molecule has 0 aromatic carbocycles. The maximum Gasteiger partial charge on any atom is 0.309 e. The summed E-state index contributed by atoms with van der Waals surface area (Å²) in [7, 11) is 0. The van der Waals surface area contributed by atoms with Gasteiger partial charge in [-0.2, -0.15) is 0 Å². The molecular formula is C9H18O3. The molecule has 0 aliphatic rings. The highest BCUT2D eigenvalue weighted by molar-refractivity contribution is 5.71. The van der Waals surface area contributed by atoms with Crippen molar-refractivity contribution in [2.24, 2.45) is 5.92 Å². The Morgan fingerprint density at radius 2 is 2.00 bits per heavy atom. The average Bonchev–Trinajstić information content (AvgIpc) is 2.03. The molecule has 2 N–H and O–H groups in total. The minimum atomic E-state index is -1.03. The number of carboxylic acids is 1. The molecule has 0 amide bonds. The van der Waals surface area contributed by atoms with Crippen LogP contribution in [-0.4, -0.2) is 21.8 Å². The van der Waals surface area contributed by atoms with Crippen molar-refractivity contribution >= 4 is 5.97 Å². The summed E-state index contributed by atoms with van der Waals surface area (Å²) in [6.07, 6.45) is 1.85. The predicted molar refractivity (Wildman–Crippen MR) is 46.9 cm³/mol. The second kappa shape index (κ2) is 4.45. The van der Waals surface area contributed by atoms with E-state index in [-0.39, 0.29) is 0 Å². The lowest BCUT2D eigenvalue weighted by Crippen LogP contribution is -2.40. The first kappa shape index (κ1) is 11.4. The number of rotatable bonds is 5. The normalized spacial score (nSPS) is 18.3. The minimum Gasteiger partial charge on any atom is -0.481 e. The predicted octanol–water partition coefficient (Wildman–Crippen LogP) is 1.65. The van der Waals surface area contributed by atoms with Gasteiger partial charge in [0, 0.05) is 0 Å². The van der Waals surface area contributed by atoms with Crippen molar-refractivity contribution in [1.82, 2.24) is 0 Å². The van der Waals surface area contributed by atoms with Gasteiger partial charge < -0.3 is 10.2 Å². The highest BCUT2D eigenvalue weighted by atomic mass is 16.4. The van der Waals surface area contributed by atoms with Gasteiger partial charge >= 0.3 is 5.97 Å². The van der Waals surface area contributed by atoms with E-state index < -0.39 is 17.5 Å². The average molecular weight is 174 g/mol. The first-order chi connectivity index (χ1) is 5.48. The largest absolute Gasteiger partial charge is 0.481 e. The molecular weight excluding hydrogens is 156 g/mol. The zero-order valence-corrected chi connectivity index (χ0v) is 8.00. The molecule has 0 rings (SSSR count). The Hall–Kier alpha value is -0.570. The molecule has 0 spiro atoms. The van der Waals surface area contributed by atoms with Crippen LogP contribution in [0.1, 0.15) is 40.0 Å². The lowest BCUT2D eigenvalue weighted by atomic mass is 9.83. The summed E-state index contributed by atoms with van der Waals surface area (Å²) in [5.41, 5.74) is -1.03. The molecule has 2 atom stereocenters. The molecule has 0 fully saturated rings. The second-order valence-corrected chi connectivity index (χ2v) is 3.27. The Balaban J connectivity index is 4.38. The van der Waals surface area contributed by atoms with E-state index in [1.807, 2.05) is 13.8 Å². The first-order valence-corrected chi connectivity index (χ1v) is 4.43. The van der Waals surface area contributed by atoms with Crippen molar-refractivity contribution in [3.63, 3.8) is 0 Å².